The van der Waals surface area contributed by atoms with E-state index in [0.717, 1.165) is 31.2 Å². The van der Waals surface area contributed by atoms with Crippen molar-refractivity contribution in [1.82, 2.24) is 10.2 Å². The number of halogens is 1. The first-order valence-corrected chi connectivity index (χ1v) is 7.82. The van der Waals surface area contributed by atoms with E-state index in [4.69, 9.17) is 4.74 Å². The lowest BCUT2D eigenvalue weighted by Crippen LogP contribution is -2.59. The largest absolute Gasteiger partial charge is 0.364 e. The maximum absolute atomic E-state index is 13.1. The number of fused-ring (bicyclic) bond motifs is 2. The number of rotatable bonds is 4. The SMILES string of the molecule is COCNC(=O)[C@@]12CC[C@@H](C[C@H](c3ccc(F)cc3)C1)N2C. The summed E-state index contributed by atoms with van der Waals surface area (Å²) >= 11 is 0. The molecule has 2 fully saturated rings. The number of amides is 1. The summed E-state index contributed by atoms with van der Waals surface area (Å²) in [6.45, 7) is 0.236. The summed E-state index contributed by atoms with van der Waals surface area (Å²) in [5, 5.41) is 2.87. The smallest absolute Gasteiger partial charge is 0.242 e. The molecule has 0 unspecified atom stereocenters. The van der Waals surface area contributed by atoms with Crippen LogP contribution in [0.3, 0.4) is 0 Å². The predicted molar refractivity (Wildman–Crippen MR) is 81.9 cm³/mol. The molecule has 0 spiro atoms. The molecule has 1 amide bonds. The maximum atomic E-state index is 13.1. The van der Waals surface area contributed by atoms with Crippen molar-refractivity contribution in [3.63, 3.8) is 0 Å². The van der Waals surface area contributed by atoms with E-state index < -0.39 is 5.54 Å². The summed E-state index contributed by atoms with van der Waals surface area (Å²) in [7, 11) is 3.62. The van der Waals surface area contributed by atoms with Crippen LogP contribution in [0.2, 0.25) is 0 Å². The van der Waals surface area contributed by atoms with Gasteiger partial charge >= 0.3 is 0 Å². The minimum atomic E-state index is -0.458. The molecule has 5 heteroatoms. The standard InChI is InChI=1S/C17H23FN2O2/c1-20-15-7-8-17(20,16(21)19-11-22-2)10-13(9-15)12-3-5-14(18)6-4-12/h3-6,13,15H,7-11H2,1-2H3,(H,19,21)/t13-,15-,17+/m0/s1. The number of ether oxygens (including phenoxy) is 1. The van der Waals surface area contributed by atoms with E-state index in [1.54, 1.807) is 7.11 Å². The summed E-state index contributed by atoms with van der Waals surface area (Å²) in [5.41, 5.74) is 0.672. The Kier molecular flexibility index (Phi) is 4.19. The zero-order valence-electron chi connectivity index (χ0n) is 13.1. The van der Waals surface area contributed by atoms with Crippen molar-refractivity contribution in [3.05, 3.63) is 35.6 Å². The molecule has 0 aromatic heterocycles. The normalized spacial score (nSPS) is 31.2. The van der Waals surface area contributed by atoms with E-state index in [-0.39, 0.29) is 18.5 Å². The first-order valence-electron chi connectivity index (χ1n) is 7.82. The highest BCUT2D eigenvalue weighted by Crippen LogP contribution is 2.48. The van der Waals surface area contributed by atoms with Crippen LogP contribution in [0.5, 0.6) is 0 Å². The third-order valence-corrected chi connectivity index (χ3v) is 5.40. The van der Waals surface area contributed by atoms with Crippen LogP contribution in [0.1, 0.15) is 37.2 Å². The van der Waals surface area contributed by atoms with Crippen LogP contribution in [-0.4, -0.2) is 43.3 Å². The minimum absolute atomic E-state index is 0.0474. The lowest BCUT2D eigenvalue weighted by atomic mass is 9.78. The van der Waals surface area contributed by atoms with E-state index in [0.29, 0.717) is 12.0 Å². The summed E-state index contributed by atoms with van der Waals surface area (Å²) in [6.07, 6.45) is 3.72. The fourth-order valence-electron chi connectivity index (χ4n) is 4.12. The van der Waals surface area contributed by atoms with Crippen LogP contribution in [0.25, 0.3) is 0 Å². The average molecular weight is 306 g/mol. The van der Waals surface area contributed by atoms with Gasteiger partial charge in [0.1, 0.15) is 18.1 Å². The molecule has 1 aromatic rings. The molecule has 0 radical (unpaired) electrons. The van der Waals surface area contributed by atoms with Gasteiger partial charge in [-0.05, 0) is 56.3 Å². The third-order valence-electron chi connectivity index (χ3n) is 5.40. The highest BCUT2D eigenvalue weighted by molar-refractivity contribution is 5.87. The Hall–Kier alpha value is -1.46. The highest BCUT2D eigenvalue weighted by atomic mass is 19.1. The van der Waals surface area contributed by atoms with Gasteiger partial charge in [-0.2, -0.15) is 0 Å². The molecular formula is C17H23FN2O2. The number of hydrogen-bond donors (Lipinski definition) is 1. The van der Waals surface area contributed by atoms with Gasteiger partial charge < -0.3 is 10.1 Å². The van der Waals surface area contributed by atoms with Crippen molar-refractivity contribution in [2.75, 3.05) is 20.9 Å². The number of carbonyl (C=O) groups is 1. The van der Waals surface area contributed by atoms with Crippen molar-refractivity contribution < 1.29 is 13.9 Å². The quantitative estimate of drug-likeness (QED) is 0.868. The topological polar surface area (TPSA) is 41.6 Å². The Bertz CT molecular complexity index is 548. The fourth-order valence-corrected chi connectivity index (χ4v) is 4.12. The van der Waals surface area contributed by atoms with Gasteiger partial charge in [-0.1, -0.05) is 12.1 Å². The molecule has 2 aliphatic heterocycles. The molecule has 3 rings (SSSR count). The number of nitrogens with zero attached hydrogens (tertiary/aromatic N) is 1. The van der Waals surface area contributed by atoms with E-state index in [2.05, 4.69) is 10.2 Å². The fraction of sp³-hybridized carbons (Fsp3) is 0.588. The number of nitrogens with one attached hydrogen (secondary N) is 1. The zero-order chi connectivity index (χ0) is 15.7. The third kappa shape index (κ3) is 2.52. The van der Waals surface area contributed by atoms with Gasteiger partial charge in [-0.15, -0.1) is 0 Å². The van der Waals surface area contributed by atoms with Crippen molar-refractivity contribution in [2.24, 2.45) is 0 Å². The molecule has 1 aromatic carbocycles. The number of carbonyl (C=O) groups excluding carboxylic acids is 1. The summed E-state index contributed by atoms with van der Waals surface area (Å²) in [6, 6.07) is 7.13. The molecule has 4 nitrogen and oxygen atoms in total. The van der Waals surface area contributed by atoms with Gasteiger partial charge in [-0.3, -0.25) is 9.69 Å². The van der Waals surface area contributed by atoms with Crippen LogP contribution in [0.15, 0.2) is 24.3 Å². The highest BCUT2D eigenvalue weighted by Gasteiger charge is 2.54. The summed E-state index contributed by atoms with van der Waals surface area (Å²) in [5.74, 6) is 0.135. The summed E-state index contributed by atoms with van der Waals surface area (Å²) < 4.78 is 18.1. The molecule has 2 heterocycles. The zero-order valence-corrected chi connectivity index (χ0v) is 13.1. The molecule has 1 N–H and O–H groups in total. The number of benzene rings is 1. The molecule has 2 bridgehead atoms. The Morgan fingerprint density at radius 1 is 1.45 bits per heavy atom. The van der Waals surface area contributed by atoms with Gasteiger partial charge in [-0.25, -0.2) is 4.39 Å². The molecule has 2 aliphatic rings. The number of likely N-dealkylation sites (N-methyl/N-ethyl adjacent to an activating group) is 1. The lowest BCUT2D eigenvalue weighted by molar-refractivity contribution is -0.135. The second kappa shape index (κ2) is 5.97. The Morgan fingerprint density at radius 2 is 2.18 bits per heavy atom. The minimum Gasteiger partial charge on any atom is -0.364 e. The molecule has 0 saturated carbocycles. The van der Waals surface area contributed by atoms with E-state index in [1.807, 2.05) is 19.2 Å². The molecule has 22 heavy (non-hydrogen) atoms. The Labute approximate surface area is 130 Å². The molecule has 2 saturated heterocycles. The van der Waals surface area contributed by atoms with Crippen LogP contribution < -0.4 is 5.32 Å². The number of methoxy groups -OCH3 is 1. The van der Waals surface area contributed by atoms with Crippen molar-refractivity contribution in [1.29, 1.82) is 0 Å². The average Bonchev–Trinajstić information content (AvgIpc) is 2.73. The Balaban J connectivity index is 1.83. The molecular weight excluding hydrogens is 283 g/mol. The second-order valence-corrected chi connectivity index (χ2v) is 6.46. The molecule has 120 valence electrons. The van der Waals surface area contributed by atoms with Gasteiger partial charge in [0.05, 0.1) is 0 Å². The van der Waals surface area contributed by atoms with Crippen LogP contribution in [-0.2, 0) is 9.53 Å². The van der Waals surface area contributed by atoms with Crippen molar-refractivity contribution in [2.45, 2.75) is 43.2 Å². The van der Waals surface area contributed by atoms with E-state index in [9.17, 15) is 9.18 Å². The molecule has 0 aliphatic carbocycles. The summed E-state index contributed by atoms with van der Waals surface area (Å²) in [4.78, 5) is 14.9. The van der Waals surface area contributed by atoms with Crippen molar-refractivity contribution >= 4 is 5.91 Å². The Morgan fingerprint density at radius 3 is 2.86 bits per heavy atom. The van der Waals surface area contributed by atoms with Gasteiger partial charge in [0.25, 0.3) is 0 Å². The van der Waals surface area contributed by atoms with Crippen LogP contribution >= 0.6 is 0 Å². The lowest BCUT2D eigenvalue weighted by Gasteiger charge is -2.44. The molecule has 3 atom stereocenters. The first kappa shape index (κ1) is 15.4. The predicted octanol–water partition coefficient (Wildman–Crippen LogP) is 2.26. The number of piperidine rings is 1. The second-order valence-electron chi connectivity index (χ2n) is 6.46. The van der Waals surface area contributed by atoms with Crippen LogP contribution in [0, 0.1) is 5.82 Å². The van der Waals surface area contributed by atoms with Gasteiger partial charge in [0.2, 0.25) is 5.91 Å². The van der Waals surface area contributed by atoms with Gasteiger partial charge in [0.15, 0.2) is 0 Å². The van der Waals surface area contributed by atoms with E-state index in [1.165, 1.54) is 12.1 Å². The number of hydrogen-bond acceptors (Lipinski definition) is 3. The van der Waals surface area contributed by atoms with Gasteiger partial charge in [0, 0.05) is 13.2 Å². The first-order chi connectivity index (χ1) is 10.6. The van der Waals surface area contributed by atoms with Crippen LogP contribution in [0.4, 0.5) is 4.39 Å². The van der Waals surface area contributed by atoms with Crippen molar-refractivity contribution in [3.8, 4) is 0 Å². The maximum Gasteiger partial charge on any atom is 0.242 e. The van der Waals surface area contributed by atoms with E-state index >= 15 is 0 Å². The monoisotopic (exact) mass is 306 g/mol.